The lowest BCUT2D eigenvalue weighted by molar-refractivity contribution is -0.120. The summed E-state index contributed by atoms with van der Waals surface area (Å²) in [5.74, 6) is -0.787. The van der Waals surface area contributed by atoms with E-state index in [1.165, 1.54) is 6.42 Å². The Bertz CT molecular complexity index is 1190. The van der Waals surface area contributed by atoms with Crippen LogP contribution in [0.15, 0.2) is 42.5 Å². The molecule has 0 unspecified atom stereocenters. The molecule has 9 nitrogen and oxygen atoms in total. The smallest absolute Gasteiger partial charge is 0.335 e. The number of carbonyl (C=O) groups is 3. The Hall–Kier alpha value is -3.43. The Kier molecular flexibility index (Phi) is 9.81. The summed E-state index contributed by atoms with van der Waals surface area (Å²) in [6, 6.07) is 11.7. The van der Waals surface area contributed by atoms with Gasteiger partial charge >= 0.3 is 5.97 Å². The van der Waals surface area contributed by atoms with Crippen LogP contribution in [0.3, 0.4) is 0 Å². The van der Waals surface area contributed by atoms with E-state index in [4.69, 9.17) is 9.84 Å². The Labute approximate surface area is 236 Å². The van der Waals surface area contributed by atoms with E-state index in [1.54, 1.807) is 35.2 Å². The highest BCUT2D eigenvalue weighted by Gasteiger charge is 2.34. The fraction of sp³-hybridized carbons (Fsp3) is 0.516. The Balaban J connectivity index is 1.54. The molecule has 3 N–H and O–H groups in total. The standard InChI is InChI=1S/C31H41N3O6/c1-20-16-34(21(2)19-35)30(37)26-15-25(32-29(36)23-7-5-4-6-8-23)13-14-27(26)40-28(20)18-33(3)17-22-9-11-24(12-10-22)31(38)39/h9-15,20-21,23,28,35H,4-8,16-19H2,1-3H3,(H,32,36)(H,38,39)/t20-,21+,28+/m0/s1. The predicted molar refractivity (Wildman–Crippen MR) is 153 cm³/mol. The molecule has 1 heterocycles. The molecule has 2 aliphatic rings. The Morgan fingerprint density at radius 1 is 1.12 bits per heavy atom. The van der Waals surface area contributed by atoms with E-state index in [2.05, 4.69) is 10.2 Å². The van der Waals surface area contributed by atoms with Gasteiger partial charge in [0.2, 0.25) is 5.91 Å². The topological polar surface area (TPSA) is 119 Å². The van der Waals surface area contributed by atoms with Crippen LogP contribution >= 0.6 is 0 Å². The number of nitrogens with zero attached hydrogens (tertiary/aromatic N) is 2. The number of hydrogen-bond acceptors (Lipinski definition) is 6. The summed E-state index contributed by atoms with van der Waals surface area (Å²) in [4.78, 5) is 41.5. The van der Waals surface area contributed by atoms with Crippen LogP contribution in [0, 0.1) is 11.8 Å². The predicted octanol–water partition coefficient (Wildman–Crippen LogP) is 4.26. The number of hydrogen-bond donors (Lipinski definition) is 3. The molecule has 0 spiro atoms. The number of carboxylic acid groups (broad SMARTS) is 1. The lowest BCUT2D eigenvalue weighted by atomic mass is 9.88. The van der Waals surface area contributed by atoms with Crippen molar-refractivity contribution in [2.75, 3.05) is 32.1 Å². The molecule has 9 heteroatoms. The lowest BCUT2D eigenvalue weighted by Crippen LogP contribution is -2.49. The van der Waals surface area contributed by atoms with Crippen LogP contribution in [-0.4, -0.2) is 76.7 Å². The average molecular weight is 552 g/mol. The minimum absolute atomic E-state index is 0.00489. The number of rotatable bonds is 9. The molecule has 0 saturated heterocycles. The zero-order valence-electron chi connectivity index (χ0n) is 23.6. The van der Waals surface area contributed by atoms with Crippen molar-refractivity contribution in [1.82, 2.24) is 9.80 Å². The van der Waals surface area contributed by atoms with Crippen molar-refractivity contribution in [2.45, 2.75) is 64.6 Å². The van der Waals surface area contributed by atoms with Gasteiger partial charge in [0.1, 0.15) is 11.9 Å². The second-order valence-electron chi connectivity index (χ2n) is 11.4. The monoisotopic (exact) mass is 551 g/mol. The van der Waals surface area contributed by atoms with E-state index in [0.29, 0.717) is 36.6 Å². The molecule has 1 fully saturated rings. The zero-order valence-corrected chi connectivity index (χ0v) is 23.6. The van der Waals surface area contributed by atoms with Gasteiger partial charge < -0.3 is 25.2 Å². The summed E-state index contributed by atoms with van der Waals surface area (Å²) >= 11 is 0. The number of aliphatic hydroxyl groups excluding tert-OH is 1. The van der Waals surface area contributed by atoms with Crippen LogP contribution in [0.25, 0.3) is 0 Å². The van der Waals surface area contributed by atoms with Gasteiger partial charge in [-0.05, 0) is 62.7 Å². The van der Waals surface area contributed by atoms with Gasteiger partial charge in [-0.25, -0.2) is 4.79 Å². The summed E-state index contributed by atoms with van der Waals surface area (Å²) in [7, 11) is 1.98. The third kappa shape index (κ3) is 7.20. The van der Waals surface area contributed by atoms with Crippen LogP contribution < -0.4 is 10.1 Å². The van der Waals surface area contributed by atoms with Gasteiger partial charge in [0.05, 0.1) is 23.8 Å². The minimum atomic E-state index is -0.955. The van der Waals surface area contributed by atoms with Crippen molar-refractivity contribution in [1.29, 1.82) is 0 Å². The van der Waals surface area contributed by atoms with E-state index in [-0.39, 0.29) is 48.0 Å². The Morgan fingerprint density at radius 2 is 1.82 bits per heavy atom. The summed E-state index contributed by atoms with van der Waals surface area (Å²) in [6.45, 7) is 5.27. The van der Waals surface area contributed by atoms with Gasteiger partial charge in [-0.2, -0.15) is 0 Å². The van der Waals surface area contributed by atoms with Crippen molar-refractivity contribution in [3.8, 4) is 5.75 Å². The normalized spacial score (nSPS) is 20.7. The van der Waals surface area contributed by atoms with Crippen LogP contribution in [0.1, 0.15) is 72.2 Å². The van der Waals surface area contributed by atoms with Crippen molar-refractivity contribution in [3.63, 3.8) is 0 Å². The number of anilines is 1. The number of likely N-dealkylation sites (N-methyl/N-ethyl adjacent to an activating group) is 1. The molecule has 0 bridgehead atoms. The van der Waals surface area contributed by atoms with E-state index in [0.717, 1.165) is 31.2 Å². The van der Waals surface area contributed by atoms with E-state index in [1.807, 2.05) is 33.0 Å². The highest BCUT2D eigenvalue weighted by molar-refractivity contribution is 6.00. The van der Waals surface area contributed by atoms with Gasteiger partial charge in [0, 0.05) is 37.2 Å². The summed E-state index contributed by atoms with van der Waals surface area (Å²) in [5.41, 5.74) is 2.16. The highest BCUT2D eigenvalue weighted by atomic mass is 16.5. The largest absolute Gasteiger partial charge is 0.488 e. The SMILES string of the molecule is C[C@H](CO)N1C[C@H](C)[C@@H](CN(C)Cc2ccc(C(=O)O)cc2)Oc2ccc(NC(=O)C3CCCCC3)cc2C1=O. The van der Waals surface area contributed by atoms with Crippen LogP contribution in [0.4, 0.5) is 5.69 Å². The first-order chi connectivity index (χ1) is 19.2. The highest BCUT2D eigenvalue weighted by Crippen LogP contribution is 2.32. The molecule has 0 radical (unpaired) electrons. The van der Waals surface area contributed by atoms with E-state index < -0.39 is 5.97 Å². The fourth-order valence-corrected chi connectivity index (χ4v) is 5.56. The minimum Gasteiger partial charge on any atom is -0.488 e. The summed E-state index contributed by atoms with van der Waals surface area (Å²) < 4.78 is 6.47. The average Bonchev–Trinajstić information content (AvgIpc) is 2.95. The zero-order chi connectivity index (χ0) is 28.8. The van der Waals surface area contributed by atoms with Crippen molar-refractivity contribution >= 4 is 23.5 Å². The maximum Gasteiger partial charge on any atom is 0.335 e. The molecule has 1 aliphatic heterocycles. The van der Waals surface area contributed by atoms with Gasteiger partial charge in [-0.15, -0.1) is 0 Å². The summed E-state index contributed by atoms with van der Waals surface area (Å²) in [5, 5.41) is 22.1. The van der Waals surface area contributed by atoms with Gasteiger partial charge in [0.25, 0.3) is 5.91 Å². The number of amides is 2. The first-order valence-corrected chi connectivity index (χ1v) is 14.2. The van der Waals surface area contributed by atoms with Gasteiger partial charge in [-0.1, -0.05) is 38.3 Å². The fourth-order valence-electron chi connectivity index (χ4n) is 5.56. The van der Waals surface area contributed by atoms with E-state index >= 15 is 0 Å². The van der Waals surface area contributed by atoms with Crippen molar-refractivity contribution in [3.05, 3.63) is 59.2 Å². The molecular formula is C31H41N3O6. The molecule has 40 heavy (non-hydrogen) atoms. The van der Waals surface area contributed by atoms with Gasteiger partial charge in [-0.3, -0.25) is 14.5 Å². The van der Waals surface area contributed by atoms with E-state index in [9.17, 15) is 19.5 Å². The molecule has 3 atom stereocenters. The lowest BCUT2D eigenvalue weighted by Gasteiger charge is -2.38. The van der Waals surface area contributed by atoms with Gasteiger partial charge in [0.15, 0.2) is 0 Å². The second-order valence-corrected chi connectivity index (χ2v) is 11.4. The molecular weight excluding hydrogens is 510 g/mol. The molecule has 1 aliphatic carbocycles. The molecule has 216 valence electrons. The van der Waals surface area contributed by atoms with Crippen molar-refractivity contribution in [2.24, 2.45) is 11.8 Å². The first-order valence-electron chi connectivity index (χ1n) is 14.2. The number of aliphatic hydroxyl groups is 1. The van der Waals surface area contributed by atoms with Crippen LogP contribution in [0.5, 0.6) is 5.75 Å². The number of carbonyl (C=O) groups excluding carboxylic acids is 2. The molecule has 1 saturated carbocycles. The third-order valence-electron chi connectivity index (χ3n) is 8.05. The number of nitrogens with one attached hydrogen (secondary N) is 1. The molecule has 2 aromatic rings. The number of benzene rings is 2. The molecule has 4 rings (SSSR count). The quantitative estimate of drug-likeness (QED) is 0.426. The van der Waals surface area contributed by atoms with Crippen LogP contribution in [0.2, 0.25) is 0 Å². The van der Waals surface area contributed by atoms with Crippen molar-refractivity contribution < 1.29 is 29.3 Å². The molecule has 0 aromatic heterocycles. The van der Waals surface area contributed by atoms with Crippen LogP contribution in [-0.2, 0) is 11.3 Å². The third-order valence-corrected chi connectivity index (χ3v) is 8.05. The molecule has 2 aromatic carbocycles. The second kappa shape index (κ2) is 13.3. The first kappa shape index (κ1) is 29.6. The number of fused-ring (bicyclic) bond motifs is 1. The number of aromatic carboxylic acids is 1. The number of ether oxygens (including phenoxy) is 1. The number of carboxylic acids is 1. The summed E-state index contributed by atoms with van der Waals surface area (Å²) in [6.07, 6.45) is 4.80. The molecule has 2 amide bonds. The maximum absolute atomic E-state index is 13.7. The Morgan fingerprint density at radius 3 is 2.48 bits per heavy atom. The maximum atomic E-state index is 13.7.